The van der Waals surface area contributed by atoms with Crippen molar-refractivity contribution in [1.29, 1.82) is 0 Å². The van der Waals surface area contributed by atoms with Crippen molar-refractivity contribution in [2.45, 2.75) is 0 Å². The Morgan fingerprint density at radius 2 is 1.74 bits per heavy atom. The van der Waals surface area contributed by atoms with E-state index in [0.29, 0.717) is 16.5 Å². The van der Waals surface area contributed by atoms with Crippen molar-refractivity contribution in [1.82, 2.24) is 4.98 Å². The monoisotopic (exact) mass is 273 g/mol. The Kier molecular flexibility index (Phi) is 2.84. The van der Waals surface area contributed by atoms with Crippen LogP contribution in [-0.4, -0.2) is 10.1 Å². The minimum atomic E-state index is -0.583. The Morgan fingerprint density at radius 3 is 2.53 bits per heavy atom. The van der Waals surface area contributed by atoms with Gasteiger partial charge in [-0.3, -0.25) is 0 Å². The van der Waals surface area contributed by atoms with Crippen LogP contribution in [0.3, 0.4) is 0 Å². The predicted octanol–water partition coefficient (Wildman–Crippen LogP) is 4.40. The number of halogens is 2. The lowest BCUT2D eigenvalue weighted by molar-refractivity contribution is 0.482. The first-order chi connectivity index (χ1) is 9.18. The van der Waals surface area contributed by atoms with Crippen LogP contribution in [0.2, 0.25) is 5.15 Å². The van der Waals surface area contributed by atoms with Crippen molar-refractivity contribution in [3.63, 3.8) is 0 Å². The highest BCUT2D eigenvalue weighted by Gasteiger charge is 2.13. The van der Waals surface area contributed by atoms with Gasteiger partial charge < -0.3 is 5.11 Å². The summed E-state index contributed by atoms with van der Waals surface area (Å²) in [5.41, 5.74) is 0.921. The summed E-state index contributed by atoms with van der Waals surface area (Å²) in [4.78, 5) is 3.70. The number of phenols is 1. The summed E-state index contributed by atoms with van der Waals surface area (Å²) in [6.07, 6.45) is 1.44. The molecule has 1 aromatic heterocycles. The molecule has 2 aromatic carbocycles. The molecule has 2 nitrogen and oxygen atoms in total. The van der Waals surface area contributed by atoms with Gasteiger partial charge in [0.15, 0.2) is 11.0 Å². The lowest BCUT2D eigenvalue weighted by atomic mass is 9.98. The third kappa shape index (κ3) is 1.92. The number of hydrogen-bond acceptors (Lipinski definition) is 2. The second-order valence-corrected chi connectivity index (χ2v) is 4.50. The van der Waals surface area contributed by atoms with E-state index in [1.165, 1.54) is 6.20 Å². The zero-order chi connectivity index (χ0) is 13.4. The first-order valence-electron chi connectivity index (χ1n) is 5.69. The lowest BCUT2D eigenvalue weighted by Crippen LogP contribution is -1.89. The lowest BCUT2D eigenvalue weighted by Gasteiger charge is -2.09. The van der Waals surface area contributed by atoms with Crippen molar-refractivity contribution >= 4 is 22.4 Å². The molecule has 3 rings (SSSR count). The van der Waals surface area contributed by atoms with Crippen LogP contribution in [-0.2, 0) is 0 Å². The Hall–Kier alpha value is -2.13. The maximum atomic E-state index is 14.1. The van der Waals surface area contributed by atoms with Crippen molar-refractivity contribution in [3.8, 4) is 16.9 Å². The van der Waals surface area contributed by atoms with Crippen LogP contribution in [0.25, 0.3) is 21.9 Å². The third-order valence-electron chi connectivity index (χ3n) is 3.02. The number of benzene rings is 2. The number of pyridine rings is 1. The van der Waals surface area contributed by atoms with Gasteiger partial charge in [0.1, 0.15) is 5.75 Å². The smallest absolute Gasteiger partial charge is 0.168 e. The quantitative estimate of drug-likeness (QED) is 0.667. The normalized spacial score (nSPS) is 10.8. The topological polar surface area (TPSA) is 33.1 Å². The molecule has 0 fully saturated rings. The van der Waals surface area contributed by atoms with Gasteiger partial charge in [-0.15, -0.1) is 0 Å². The molecule has 1 N–H and O–H groups in total. The van der Waals surface area contributed by atoms with E-state index < -0.39 is 5.82 Å². The number of phenolic OH excluding ortho intramolecular Hbond substituents is 1. The fourth-order valence-electron chi connectivity index (χ4n) is 2.17. The maximum absolute atomic E-state index is 14.1. The first kappa shape index (κ1) is 11.9. The zero-order valence-corrected chi connectivity index (χ0v) is 10.5. The minimum absolute atomic E-state index is 0.112. The molecule has 0 aliphatic heterocycles. The molecule has 0 aliphatic carbocycles. The van der Waals surface area contributed by atoms with Gasteiger partial charge in [-0.25, -0.2) is 9.37 Å². The maximum Gasteiger partial charge on any atom is 0.168 e. The van der Waals surface area contributed by atoms with Gasteiger partial charge in [0.2, 0.25) is 0 Å². The van der Waals surface area contributed by atoms with Gasteiger partial charge >= 0.3 is 0 Å². The van der Waals surface area contributed by atoms with Gasteiger partial charge in [0, 0.05) is 17.1 Å². The molecule has 3 aromatic rings. The van der Waals surface area contributed by atoms with E-state index in [4.69, 9.17) is 11.6 Å². The van der Waals surface area contributed by atoms with Crippen LogP contribution >= 0.6 is 11.6 Å². The molecule has 0 amide bonds. The van der Waals surface area contributed by atoms with Gasteiger partial charge in [-0.2, -0.15) is 0 Å². The molecule has 94 valence electrons. The van der Waals surface area contributed by atoms with Crippen LogP contribution < -0.4 is 0 Å². The highest BCUT2D eigenvalue weighted by Crippen LogP contribution is 2.36. The van der Waals surface area contributed by atoms with E-state index in [2.05, 4.69) is 4.98 Å². The minimum Gasteiger partial charge on any atom is -0.507 e. The van der Waals surface area contributed by atoms with E-state index in [1.54, 1.807) is 24.3 Å². The average Bonchev–Trinajstić information content (AvgIpc) is 2.42. The number of rotatable bonds is 1. The van der Waals surface area contributed by atoms with E-state index in [1.807, 2.05) is 18.2 Å². The summed E-state index contributed by atoms with van der Waals surface area (Å²) >= 11 is 5.71. The third-order valence-corrected chi connectivity index (χ3v) is 3.28. The van der Waals surface area contributed by atoms with E-state index in [-0.39, 0.29) is 10.9 Å². The molecule has 0 saturated heterocycles. The molecule has 0 aliphatic rings. The van der Waals surface area contributed by atoms with E-state index in [9.17, 15) is 9.50 Å². The largest absolute Gasteiger partial charge is 0.507 e. The fourth-order valence-corrected chi connectivity index (χ4v) is 2.33. The molecular formula is C15H9ClFNO. The summed E-state index contributed by atoms with van der Waals surface area (Å²) < 4.78 is 14.1. The van der Waals surface area contributed by atoms with Crippen molar-refractivity contribution in [2.75, 3.05) is 0 Å². The summed E-state index contributed by atoms with van der Waals surface area (Å²) in [5.74, 6) is -0.472. The molecular weight excluding hydrogens is 265 g/mol. The molecule has 0 saturated carbocycles. The van der Waals surface area contributed by atoms with Crippen molar-refractivity contribution < 1.29 is 9.50 Å². The Bertz CT molecular complexity index is 768. The summed E-state index contributed by atoms with van der Waals surface area (Å²) in [6, 6.07) is 12.1. The van der Waals surface area contributed by atoms with Crippen molar-refractivity contribution in [2.24, 2.45) is 0 Å². The number of nitrogens with zero attached hydrogens (tertiary/aromatic N) is 1. The number of hydrogen-bond donors (Lipinski definition) is 1. The SMILES string of the molecule is Oc1cccc2cccc(-c3ccnc(Cl)c3F)c12. The standard InChI is InChI=1S/C15H9ClFNO/c16-15-14(17)11(7-8-18-15)10-5-1-3-9-4-2-6-12(19)13(9)10/h1-8,19H. The second-order valence-electron chi connectivity index (χ2n) is 4.14. The average molecular weight is 274 g/mol. The highest BCUT2D eigenvalue weighted by molar-refractivity contribution is 6.29. The number of aromatic nitrogens is 1. The van der Waals surface area contributed by atoms with Crippen LogP contribution in [0, 0.1) is 5.82 Å². The molecule has 0 unspecified atom stereocenters. The Labute approximate surface area is 114 Å². The second kappa shape index (κ2) is 4.52. The highest BCUT2D eigenvalue weighted by atomic mass is 35.5. The van der Waals surface area contributed by atoms with Crippen LogP contribution in [0.4, 0.5) is 4.39 Å². The zero-order valence-electron chi connectivity index (χ0n) is 9.77. The summed E-state index contributed by atoms with van der Waals surface area (Å²) in [7, 11) is 0. The first-order valence-corrected chi connectivity index (χ1v) is 6.07. The predicted molar refractivity (Wildman–Crippen MR) is 73.8 cm³/mol. The molecule has 4 heteroatoms. The fraction of sp³-hybridized carbons (Fsp3) is 0. The summed E-state index contributed by atoms with van der Waals surface area (Å²) in [6.45, 7) is 0. The van der Waals surface area contributed by atoms with E-state index in [0.717, 1.165) is 5.39 Å². The Morgan fingerprint density at radius 1 is 1.00 bits per heavy atom. The molecule has 0 bridgehead atoms. The van der Waals surface area contributed by atoms with Gasteiger partial charge in [0.05, 0.1) is 0 Å². The number of aromatic hydroxyl groups is 1. The molecule has 0 radical (unpaired) electrons. The number of fused-ring (bicyclic) bond motifs is 1. The molecule has 0 spiro atoms. The Balaban J connectivity index is 2.40. The molecule has 0 atom stereocenters. The van der Waals surface area contributed by atoms with Crippen LogP contribution in [0.1, 0.15) is 0 Å². The van der Waals surface area contributed by atoms with Gasteiger partial charge in [0.25, 0.3) is 0 Å². The molecule has 1 heterocycles. The molecule has 19 heavy (non-hydrogen) atoms. The van der Waals surface area contributed by atoms with Crippen LogP contribution in [0.5, 0.6) is 5.75 Å². The van der Waals surface area contributed by atoms with Gasteiger partial charge in [-0.1, -0.05) is 41.9 Å². The summed E-state index contributed by atoms with van der Waals surface area (Å²) in [5, 5.41) is 11.3. The van der Waals surface area contributed by atoms with Crippen LogP contribution in [0.15, 0.2) is 48.7 Å². The van der Waals surface area contributed by atoms with E-state index >= 15 is 0 Å². The van der Waals surface area contributed by atoms with Gasteiger partial charge in [-0.05, 0) is 23.1 Å². The van der Waals surface area contributed by atoms with Crippen molar-refractivity contribution in [3.05, 3.63) is 59.6 Å².